The van der Waals surface area contributed by atoms with Crippen LogP contribution in [0, 0.1) is 24.6 Å². The third-order valence-electron chi connectivity index (χ3n) is 6.02. The van der Waals surface area contributed by atoms with E-state index in [1.807, 2.05) is 0 Å². The highest BCUT2D eigenvalue weighted by atomic mass is 19.1. The van der Waals surface area contributed by atoms with E-state index in [9.17, 15) is 14.8 Å². The van der Waals surface area contributed by atoms with Gasteiger partial charge in [0.15, 0.2) is 11.6 Å². The van der Waals surface area contributed by atoms with Crippen LogP contribution in [0.3, 0.4) is 0 Å². The van der Waals surface area contributed by atoms with E-state index in [-0.39, 0.29) is 30.7 Å². The second-order valence-electron chi connectivity index (χ2n) is 8.27. The number of aromatic nitrogens is 2. The van der Waals surface area contributed by atoms with E-state index in [0.717, 1.165) is 32.1 Å². The molecule has 1 aliphatic heterocycles. The Bertz CT molecular complexity index is 776. The third-order valence-corrected chi connectivity index (χ3v) is 6.02. The van der Waals surface area contributed by atoms with Gasteiger partial charge in [-0.2, -0.15) is 4.39 Å². The summed E-state index contributed by atoms with van der Waals surface area (Å²) in [5.41, 5.74) is 5.06. The van der Waals surface area contributed by atoms with Crippen molar-refractivity contribution in [2.45, 2.75) is 51.6 Å². The SMILES string of the molecule is CO[C@@H]1CCN(c2nc(C)nc(NNC(=O)[C@H](CC3CCCC3)CN(O)C=O)c2F)C1. The van der Waals surface area contributed by atoms with E-state index >= 15 is 4.39 Å². The van der Waals surface area contributed by atoms with E-state index in [1.54, 1.807) is 18.9 Å². The number of amides is 2. The third kappa shape index (κ3) is 6.01. The molecule has 172 valence electrons. The summed E-state index contributed by atoms with van der Waals surface area (Å²) in [5.74, 6) is -0.973. The maximum Gasteiger partial charge on any atom is 0.243 e. The molecule has 1 saturated carbocycles. The monoisotopic (exact) mass is 438 g/mol. The van der Waals surface area contributed by atoms with Gasteiger partial charge >= 0.3 is 0 Å². The minimum Gasteiger partial charge on any atom is -0.380 e. The summed E-state index contributed by atoms with van der Waals surface area (Å²) in [6.45, 7) is 2.66. The van der Waals surface area contributed by atoms with E-state index in [2.05, 4.69) is 20.8 Å². The average molecular weight is 439 g/mol. The van der Waals surface area contributed by atoms with Crippen LogP contribution in [0.5, 0.6) is 0 Å². The van der Waals surface area contributed by atoms with Gasteiger partial charge < -0.3 is 9.64 Å². The van der Waals surface area contributed by atoms with E-state index in [4.69, 9.17) is 4.74 Å². The van der Waals surface area contributed by atoms with Crippen molar-refractivity contribution < 1.29 is 23.9 Å². The first kappa shape index (κ1) is 23.1. The smallest absolute Gasteiger partial charge is 0.243 e. The lowest BCUT2D eigenvalue weighted by molar-refractivity contribution is -0.154. The fourth-order valence-corrected chi connectivity index (χ4v) is 4.35. The van der Waals surface area contributed by atoms with Gasteiger partial charge in [0, 0.05) is 20.2 Å². The van der Waals surface area contributed by atoms with Gasteiger partial charge in [-0.1, -0.05) is 25.7 Å². The van der Waals surface area contributed by atoms with E-state index < -0.39 is 17.6 Å². The quantitative estimate of drug-likeness (QED) is 0.286. The molecule has 0 spiro atoms. The van der Waals surface area contributed by atoms with Crippen molar-refractivity contribution in [2.24, 2.45) is 11.8 Å². The zero-order valence-corrected chi connectivity index (χ0v) is 18.0. The van der Waals surface area contributed by atoms with Gasteiger partial charge in [-0.15, -0.1) is 0 Å². The van der Waals surface area contributed by atoms with Crippen LogP contribution in [0.15, 0.2) is 0 Å². The van der Waals surface area contributed by atoms with Crippen molar-refractivity contribution in [1.82, 2.24) is 20.5 Å². The Kier molecular flexibility index (Phi) is 7.97. The van der Waals surface area contributed by atoms with Crippen LogP contribution >= 0.6 is 0 Å². The lowest BCUT2D eigenvalue weighted by Gasteiger charge is -2.23. The Morgan fingerprint density at radius 3 is 2.77 bits per heavy atom. The fourth-order valence-electron chi connectivity index (χ4n) is 4.35. The molecule has 1 aromatic rings. The molecule has 3 N–H and O–H groups in total. The molecule has 1 saturated heterocycles. The van der Waals surface area contributed by atoms with Crippen molar-refractivity contribution >= 4 is 24.0 Å². The Balaban J connectivity index is 1.67. The van der Waals surface area contributed by atoms with Crippen molar-refractivity contribution in [3.63, 3.8) is 0 Å². The summed E-state index contributed by atoms with van der Waals surface area (Å²) < 4.78 is 20.4. The predicted molar refractivity (Wildman–Crippen MR) is 111 cm³/mol. The number of aryl methyl sites for hydroxylation is 1. The molecule has 11 heteroatoms. The molecule has 2 heterocycles. The number of hydrazine groups is 1. The summed E-state index contributed by atoms with van der Waals surface area (Å²) in [7, 11) is 1.62. The molecule has 0 unspecified atom stereocenters. The van der Waals surface area contributed by atoms with Crippen LogP contribution in [-0.4, -0.2) is 65.4 Å². The summed E-state index contributed by atoms with van der Waals surface area (Å²) in [6, 6.07) is 0. The number of anilines is 2. The Morgan fingerprint density at radius 2 is 2.13 bits per heavy atom. The van der Waals surface area contributed by atoms with Crippen molar-refractivity contribution in [3.05, 3.63) is 11.6 Å². The minimum atomic E-state index is -0.660. The number of hydrogen-bond donors (Lipinski definition) is 3. The molecule has 0 aromatic carbocycles. The van der Waals surface area contributed by atoms with Gasteiger partial charge in [0.25, 0.3) is 0 Å². The highest BCUT2D eigenvalue weighted by molar-refractivity contribution is 5.80. The number of hydrogen-bond acceptors (Lipinski definition) is 8. The van der Waals surface area contributed by atoms with Crippen LogP contribution in [-0.2, 0) is 14.3 Å². The lowest BCUT2D eigenvalue weighted by Crippen LogP contribution is -2.41. The molecular weight excluding hydrogens is 407 g/mol. The number of nitrogens with one attached hydrogen (secondary N) is 2. The predicted octanol–water partition coefficient (Wildman–Crippen LogP) is 1.64. The first-order valence-corrected chi connectivity index (χ1v) is 10.7. The highest BCUT2D eigenvalue weighted by Crippen LogP contribution is 2.31. The Labute approximate surface area is 181 Å². The molecule has 3 rings (SSSR count). The van der Waals surface area contributed by atoms with Crippen molar-refractivity contribution in [2.75, 3.05) is 37.1 Å². The number of carbonyl (C=O) groups is 2. The number of ether oxygens (including phenoxy) is 1. The number of hydroxylamine groups is 2. The number of halogens is 1. The number of nitrogens with zero attached hydrogens (tertiary/aromatic N) is 4. The molecule has 0 radical (unpaired) electrons. The molecule has 2 fully saturated rings. The molecule has 10 nitrogen and oxygen atoms in total. The largest absolute Gasteiger partial charge is 0.380 e. The molecule has 31 heavy (non-hydrogen) atoms. The first-order valence-electron chi connectivity index (χ1n) is 10.7. The summed E-state index contributed by atoms with van der Waals surface area (Å²) in [4.78, 5) is 33.7. The molecule has 1 aromatic heterocycles. The van der Waals surface area contributed by atoms with Gasteiger partial charge in [0.2, 0.25) is 18.1 Å². The zero-order chi connectivity index (χ0) is 22.4. The maximum atomic E-state index is 15.1. The van der Waals surface area contributed by atoms with Crippen molar-refractivity contribution in [1.29, 1.82) is 0 Å². The van der Waals surface area contributed by atoms with Crippen molar-refractivity contribution in [3.8, 4) is 0 Å². The molecule has 1 aliphatic carbocycles. The highest BCUT2D eigenvalue weighted by Gasteiger charge is 2.29. The van der Waals surface area contributed by atoms with Gasteiger partial charge in [0.05, 0.1) is 18.6 Å². The number of rotatable bonds is 10. The zero-order valence-electron chi connectivity index (χ0n) is 18.0. The van der Waals surface area contributed by atoms with Gasteiger partial charge in [-0.05, 0) is 25.7 Å². The average Bonchev–Trinajstić information content (AvgIpc) is 3.45. The number of methoxy groups -OCH3 is 1. The summed E-state index contributed by atoms with van der Waals surface area (Å²) >= 11 is 0. The van der Waals surface area contributed by atoms with Crippen LogP contribution < -0.4 is 15.8 Å². The van der Waals surface area contributed by atoms with Gasteiger partial charge in [0.1, 0.15) is 5.82 Å². The molecule has 2 atom stereocenters. The summed E-state index contributed by atoms with van der Waals surface area (Å²) in [5, 5.41) is 10.0. The lowest BCUT2D eigenvalue weighted by atomic mass is 9.92. The van der Waals surface area contributed by atoms with E-state index in [1.165, 1.54) is 0 Å². The molecule has 0 bridgehead atoms. The number of carbonyl (C=O) groups excluding carboxylic acids is 2. The maximum absolute atomic E-state index is 15.1. The first-order chi connectivity index (χ1) is 14.9. The Morgan fingerprint density at radius 1 is 1.39 bits per heavy atom. The minimum absolute atomic E-state index is 0.0152. The van der Waals surface area contributed by atoms with Crippen LogP contribution in [0.2, 0.25) is 0 Å². The Hall–Kier alpha value is -2.53. The van der Waals surface area contributed by atoms with Crippen LogP contribution in [0.25, 0.3) is 0 Å². The van der Waals surface area contributed by atoms with Crippen LogP contribution in [0.4, 0.5) is 16.0 Å². The molecular formula is C20H31FN6O4. The normalized spacial score (nSPS) is 20.0. The van der Waals surface area contributed by atoms with Crippen LogP contribution in [0.1, 0.15) is 44.3 Å². The summed E-state index contributed by atoms with van der Waals surface area (Å²) in [6.07, 6.45) is 5.87. The molecule has 2 amide bonds. The van der Waals surface area contributed by atoms with Gasteiger partial charge in [-0.25, -0.2) is 15.0 Å². The van der Waals surface area contributed by atoms with E-state index in [0.29, 0.717) is 36.3 Å². The fraction of sp³-hybridized carbons (Fsp3) is 0.700. The molecule has 2 aliphatic rings. The van der Waals surface area contributed by atoms with Gasteiger partial charge in [-0.3, -0.25) is 25.6 Å². The standard InChI is InChI=1S/C20H31FN6O4/c1-13-22-18(17(21)19(23-13)26-8-7-16(11-26)31-2)24-25-20(29)15(10-27(30)12-28)9-14-5-3-4-6-14/h12,14-16,30H,3-11H2,1-2H3,(H,25,29)(H,22,23,24)/t15-,16-/m1/s1. The topological polar surface area (TPSA) is 120 Å². The second-order valence-corrected chi connectivity index (χ2v) is 8.27. The second kappa shape index (κ2) is 10.7.